The van der Waals surface area contributed by atoms with Crippen molar-refractivity contribution in [2.45, 2.75) is 31.7 Å². The van der Waals surface area contributed by atoms with Crippen molar-refractivity contribution in [3.63, 3.8) is 0 Å². The Morgan fingerprint density at radius 2 is 1.50 bits per heavy atom. The third kappa shape index (κ3) is 3.62. The molecule has 2 unspecified atom stereocenters. The summed E-state index contributed by atoms with van der Waals surface area (Å²) < 4.78 is 11.7. The number of allylic oxidation sites excluding steroid dienone is 1. The van der Waals surface area contributed by atoms with E-state index in [1.54, 1.807) is 0 Å². The van der Waals surface area contributed by atoms with E-state index in [2.05, 4.69) is 144 Å². The molecule has 0 fully saturated rings. The average Bonchev–Trinajstić information content (AvgIpc) is 3.47. The lowest BCUT2D eigenvalue weighted by Crippen LogP contribution is -2.53. The van der Waals surface area contributed by atoms with Gasteiger partial charge < -0.3 is 4.42 Å². The Labute approximate surface area is 257 Å². The molecule has 2 aliphatic heterocycles. The highest BCUT2D eigenvalue weighted by Crippen LogP contribution is 2.47. The maximum Gasteiger partial charge on any atom is 0.249 e. The van der Waals surface area contributed by atoms with Crippen LogP contribution in [0.5, 0.6) is 0 Å². The molecule has 3 heteroatoms. The predicted octanol–water partition coefficient (Wildman–Crippen LogP) is 9.23. The van der Waals surface area contributed by atoms with Crippen LogP contribution in [0, 0.1) is 6.92 Å². The lowest BCUT2D eigenvalue weighted by molar-refractivity contribution is -0.727. The molecule has 5 heterocycles. The van der Waals surface area contributed by atoms with E-state index in [1.165, 1.54) is 33.5 Å². The van der Waals surface area contributed by atoms with Gasteiger partial charge in [-0.1, -0.05) is 78.9 Å². The number of fused-ring (bicyclic) bond motifs is 13. The van der Waals surface area contributed by atoms with Crippen LogP contribution in [0.4, 0.5) is 0 Å². The first-order valence-corrected chi connectivity index (χ1v) is 15.5. The Kier molecular flexibility index (Phi) is 5.52. The van der Waals surface area contributed by atoms with Crippen LogP contribution in [0.2, 0.25) is 0 Å². The van der Waals surface area contributed by atoms with Crippen molar-refractivity contribution in [3.05, 3.63) is 151 Å². The quantitative estimate of drug-likeness (QED) is 0.181. The highest BCUT2D eigenvalue weighted by atomic mass is 16.3. The van der Waals surface area contributed by atoms with Crippen molar-refractivity contribution in [1.29, 1.82) is 0 Å². The number of para-hydroxylation sites is 1. The van der Waals surface area contributed by atoms with Crippen LogP contribution in [-0.2, 0) is 6.42 Å². The van der Waals surface area contributed by atoms with E-state index in [0.29, 0.717) is 0 Å². The summed E-state index contributed by atoms with van der Waals surface area (Å²) in [4.78, 5) is 0. The van der Waals surface area contributed by atoms with Crippen molar-refractivity contribution in [1.82, 2.24) is 0 Å². The standard InChI is InChI=1S/C41H32N2O/c1-26-22-24-43-37(25-26)32-14-7-6-13-31(32)33-20-18-29-19-21-35-34-16-10-15-30(28-11-4-3-5-12-28)40(34)44-41(35)38(29)36-17-8-9-23-42(36)27(2)39(33)43/h3-17,19,21-25,33,39H,2,18,20H2,1H3/q+2. The van der Waals surface area contributed by atoms with Crippen LogP contribution in [0.1, 0.15) is 35.1 Å². The molecule has 0 amide bonds. The first-order valence-electron chi connectivity index (χ1n) is 15.5. The van der Waals surface area contributed by atoms with Gasteiger partial charge in [0, 0.05) is 46.2 Å². The maximum absolute atomic E-state index is 6.96. The van der Waals surface area contributed by atoms with Gasteiger partial charge in [-0.25, -0.2) is 0 Å². The summed E-state index contributed by atoms with van der Waals surface area (Å²) in [7, 11) is 0. The zero-order valence-electron chi connectivity index (χ0n) is 24.7. The summed E-state index contributed by atoms with van der Waals surface area (Å²) in [6.45, 7) is 7.02. The lowest BCUT2D eigenvalue weighted by Gasteiger charge is -2.29. The minimum Gasteiger partial charge on any atom is -0.454 e. The topological polar surface area (TPSA) is 20.9 Å². The molecule has 9 rings (SSSR count). The van der Waals surface area contributed by atoms with Gasteiger partial charge in [-0.05, 0) is 60.7 Å². The fourth-order valence-electron chi connectivity index (χ4n) is 7.79. The van der Waals surface area contributed by atoms with Crippen LogP contribution in [0.15, 0.2) is 139 Å². The number of pyridine rings is 2. The molecule has 0 spiro atoms. The van der Waals surface area contributed by atoms with Gasteiger partial charge in [0.1, 0.15) is 11.2 Å². The number of furan rings is 1. The second-order valence-corrected chi connectivity index (χ2v) is 12.2. The smallest absolute Gasteiger partial charge is 0.249 e. The third-order valence-electron chi connectivity index (χ3n) is 9.79. The van der Waals surface area contributed by atoms with E-state index in [9.17, 15) is 0 Å². The molecule has 0 radical (unpaired) electrons. The molecule has 44 heavy (non-hydrogen) atoms. The summed E-state index contributed by atoms with van der Waals surface area (Å²) in [6, 6.07) is 41.7. The Morgan fingerprint density at radius 3 is 2.41 bits per heavy atom. The fraction of sp³-hybridized carbons (Fsp3) is 0.122. The van der Waals surface area contributed by atoms with Gasteiger partial charge in [0.05, 0.1) is 11.5 Å². The van der Waals surface area contributed by atoms with Gasteiger partial charge in [-0.3, -0.25) is 0 Å². The molecule has 0 N–H and O–H groups in total. The SMILES string of the molecule is C=C1C2C(CCc3ccc4c(oc5c(-c6ccccc6)cccc54)c3-c3cccc[n+]31)c1ccccc1-c1cc(C)cc[n+]12. The Bertz CT molecular complexity index is 2280. The van der Waals surface area contributed by atoms with E-state index in [0.717, 1.165) is 57.3 Å². The van der Waals surface area contributed by atoms with Crippen molar-refractivity contribution in [3.8, 4) is 33.6 Å². The summed E-state index contributed by atoms with van der Waals surface area (Å²) in [6.07, 6.45) is 6.38. The summed E-state index contributed by atoms with van der Waals surface area (Å²) in [5.74, 6) is 0.279. The summed E-state index contributed by atoms with van der Waals surface area (Å²) in [5, 5.41) is 2.29. The summed E-state index contributed by atoms with van der Waals surface area (Å²) in [5.41, 5.74) is 14.1. The van der Waals surface area contributed by atoms with Crippen LogP contribution >= 0.6 is 0 Å². The average molecular weight is 569 g/mol. The molecule has 3 nitrogen and oxygen atoms in total. The first kappa shape index (κ1) is 25.2. The second kappa shape index (κ2) is 9.62. The zero-order chi connectivity index (χ0) is 29.4. The molecule has 2 aliphatic rings. The van der Waals surface area contributed by atoms with Crippen LogP contribution in [0.3, 0.4) is 0 Å². The Hall–Kier alpha value is -5.28. The minimum absolute atomic E-state index is 0.0804. The molecule has 7 aromatic rings. The molecular weight excluding hydrogens is 536 g/mol. The van der Waals surface area contributed by atoms with Gasteiger partial charge in [-0.15, -0.1) is 0 Å². The van der Waals surface area contributed by atoms with Gasteiger partial charge >= 0.3 is 0 Å². The van der Waals surface area contributed by atoms with Crippen molar-refractivity contribution in [2.24, 2.45) is 0 Å². The molecule has 4 aromatic carbocycles. The van der Waals surface area contributed by atoms with E-state index in [1.807, 2.05) is 0 Å². The number of hydrogen-bond acceptors (Lipinski definition) is 1. The number of aromatic nitrogens is 2. The summed E-state index contributed by atoms with van der Waals surface area (Å²) >= 11 is 0. The van der Waals surface area contributed by atoms with Gasteiger partial charge in [0.25, 0.3) is 0 Å². The highest BCUT2D eigenvalue weighted by molar-refractivity contribution is 6.13. The van der Waals surface area contributed by atoms with Gasteiger partial charge in [0.2, 0.25) is 23.1 Å². The predicted molar refractivity (Wildman–Crippen MR) is 177 cm³/mol. The highest BCUT2D eigenvalue weighted by Gasteiger charge is 2.47. The third-order valence-corrected chi connectivity index (χ3v) is 9.79. The van der Waals surface area contributed by atoms with Crippen molar-refractivity contribution < 1.29 is 13.6 Å². The molecule has 0 bridgehead atoms. The van der Waals surface area contributed by atoms with E-state index >= 15 is 0 Å². The molecule has 210 valence electrons. The Balaban J connectivity index is 1.32. The number of aryl methyl sites for hydroxylation is 2. The van der Waals surface area contributed by atoms with E-state index < -0.39 is 0 Å². The molecule has 3 aromatic heterocycles. The van der Waals surface area contributed by atoms with Crippen molar-refractivity contribution in [2.75, 3.05) is 0 Å². The molecule has 0 saturated heterocycles. The number of nitrogens with zero attached hydrogens (tertiary/aromatic N) is 2. The lowest BCUT2D eigenvalue weighted by atomic mass is 9.78. The number of benzene rings is 4. The van der Waals surface area contributed by atoms with Crippen molar-refractivity contribution >= 4 is 27.6 Å². The number of rotatable bonds is 1. The molecule has 2 atom stereocenters. The molecular formula is C41H32N2O+2. The normalized spacial score (nSPS) is 17.1. The van der Waals surface area contributed by atoms with Crippen LogP contribution in [0.25, 0.3) is 61.3 Å². The molecule has 0 saturated carbocycles. The largest absolute Gasteiger partial charge is 0.454 e. The van der Waals surface area contributed by atoms with Gasteiger partial charge in [-0.2, -0.15) is 9.13 Å². The van der Waals surface area contributed by atoms with Crippen LogP contribution in [-0.4, -0.2) is 0 Å². The monoisotopic (exact) mass is 568 g/mol. The zero-order valence-corrected chi connectivity index (χ0v) is 24.7. The van der Waals surface area contributed by atoms with E-state index in [-0.39, 0.29) is 12.0 Å². The maximum atomic E-state index is 6.96. The minimum atomic E-state index is 0.0804. The van der Waals surface area contributed by atoms with Crippen LogP contribution < -0.4 is 9.13 Å². The van der Waals surface area contributed by atoms with Gasteiger partial charge in [0.15, 0.2) is 12.4 Å². The van der Waals surface area contributed by atoms with E-state index in [4.69, 9.17) is 11.0 Å². The Morgan fingerprint density at radius 1 is 0.705 bits per heavy atom. The first-order chi connectivity index (χ1) is 21.7. The second-order valence-electron chi connectivity index (χ2n) is 12.2. The molecule has 0 aliphatic carbocycles. The number of hydrogen-bond donors (Lipinski definition) is 0. The fourth-order valence-corrected chi connectivity index (χ4v) is 7.79.